The lowest BCUT2D eigenvalue weighted by Gasteiger charge is -2.43. The highest BCUT2D eigenvalue weighted by Gasteiger charge is 2.42. The highest BCUT2D eigenvalue weighted by atomic mass is 32.2. The van der Waals surface area contributed by atoms with Crippen molar-refractivity contribution in [2.75, 3.05) is 32.5 Å². The molecule has 226 valence electrons. The Kier molecular flexibility index (Phi) is 10.6. The van der Waals surface area contributed by atoms with Gasteiger partial charge in [0.15, 0.2) is 9.84 Å². The van der Waals surface area contributed by atoms with Gasteiger partial charge in [0, 0.05) is 30.3 Å². The fourth-order valence-corrected chi connectivity index (χ4v) is 8.17. The van der Waals surface area contributed by atoms with Gasteiger partial charge in [-0.15, -0.1) is 0 Å². The van der Waals surface area contributed by atoms with E-state index in [1.165, 1.54) is 12.8 Å². The van der Waals surface area contributed by atoms with E-state index in [-0.39, 0.29) is 37.1 Å². The molecule has 39 heavy (non-hydrogen) atoms. The molecule has 9 atom stereocenters. The Morgan fingerprint density at radius 2 is 1.85 bits per heavy atom. The van der Waals surface area contributed by atoms with E-state index in [0.717, 1.165) is 51.6 Å². The quantitative estimate of drug-likeness (QED) is 0.294. The van der Waals surface area contributed by atoms with Crippen LogP contribution in [0, 0.1) is 17.8 Å². The van der Waals surface area contributed by atoms with Crippen LogP contribution in [-0.4, -0.2) is 88.8 Å². The third-order valence-corrected chi connectivity index (χ3v) is 10.8. The molecule has 2 aliphatic carbocycles. The second kappa shape index (κ2) is 13.3. The molecule has 2 saturated heterocycles. The molecule has 9 nitrogen and oxygen atoms in total. The van der Waals surface area contributed by atoms with Crippen LogP contribution in [0.25, 0.3) is 0 Å². The van der Waals surface area contributed by atoms with E-state index >= 15 is 0 Å². The molecule has 0 aromatic heterocycles. The van der Waals surface area contributed by atoms with Crippen LogP contribution in [0.4, 0.5) is 13.2 Å². The van der Waals surface area contributed by atoms with Crippen LogP contribution >= 0.6 is 0 Å². The Morgan fingerprint density at radius 3 is 2.54 bits per heavy atom. The SMILES string of the molecule is CC1CCC(NC(=O)C2CCC(S(C)(=O)=O)C(OCC(F)(F)F)C2)CC1NC1NCCC(C2CCCNC2)N1. The Labute approximate surface area is 230 Å². The Hall–Kier alpha value is -0.990. The molecule has 0 radical (unpaired) electrons. The summed E-state index contributed by atoms with van der Waals surface area (Å²) < 4.78 is 67.7. The average molecular weight is 582 g/mol. The van der Waals surface area contributed by atoms with Crippen molar-refractivity contribution in [1.29, 1.82) is 0 Å². The minimum Gasteiger partial charge on any atom is -0.367 e. The van der Waals surface area contributed by atoms with Crippen LogP contribution in [0.3, 0.4) is 0 Å². The van der Waals surface area contributed by atoms with E-state index in [1.807, 2.05) is 0 Å². The number of hydrogen-bond acceptors (Lipinski definition) is 8. The molecule has 5 N–H and O–H groups in total. The Balaban J connectivity index is 1.29. The van der Waals surface area contributed by atoms with Crippen molar-refractivity contribution < 1.29 is 31.1 Å². The zero-order valence-electron chi connectivity index (χ0n) is 23.1. The van der Waals surface area contributed by atoms with Gasteiger partial charge in [-0.2, -0.15) is 13.2 Å². The summed E-state index contributed by atoms with van der Waals surface area (Å²) in [5.41, 5.74) is 0. The number of carbonyl (C=O) groups is 1. The smallest absolute Gasteiger partial charge is 0.367 e. The van der Waals surface area contributed by atoms with Crippen LogP contribution in [0.1, 0.15) is 64.7 Å². The number of amides is 1. The van der Waals surface area contributed by atoms with E-state index in [4.69, 9.17) is 4.74 Å². The minimum atomic E-state index is -4.56. The first-order valence-corrected chi connectivity index (χ1v) is 16.5. The summed E-state index contributed by atoms with van der Waals surface area (Å²) in [7, 11) is -3.61. The number of halogens is 3. The number of ether oxygens (including phenoxy) is 1. The second-order valence-corrected chi connectivity index (χ2v) is 14.4. The number of carbonyl (C=O) groups excluding carboxylic acids is 1. The van der Waals surface area contributed by atoms with Crippen LogP contribution in [0.15, 0.2) is 0 Å². The molecule has 13 heteroatoms. The predicted octanol–water partition coefficient (Wildman–Crippen LogP) is 1.64. The number of sulfone groups is 1. The van der Waals surface area contributed by atoms with E-state index in [9.17, 15) is 26.4 Å². The maximum absolute atomic E-state index is 13.2. The third-order valence-electron chi connectivity index (χ3n) is 9.12. The van der Waals surface area contributed by atoms with Crippen molar-refractivity contribution in [2.45, 2.75) is 107 Å². The lowest BCUT2D eigenvalue weighted by atomic mass is 9.81. The van der Waals surface area contributed by atoms with Crippen molar-refractivity contribution in [3.05, 3.63) is 0 Å². The van der Waals surface area contributed by atoms with Gasteiger partial charge in [0.25, 0.3) is 0 Å². The first-order valence-electron chi connectivity index (χ1n) is 14.5. The number of nitrogens with one attached hydrogen (secondary N) is 5. The van der Waals surface area contributed by atoms with Gasteiger partial charge in [-0.3, -0.25) is 20.7 Å². The molecule has 0 spiro atoms. The predicted molar refractivity (Wildman–Crippen MR) is 143 cm³/mol. The standard InChI is InChI=1S/C26H46F3N5O4S/c1-16-5-7-19(13-21(16)34-25-31-11-9-20(33-25)18-4-3-10-30-14-18)32-24(35)17-6-8-23(39(2,36)37)22(12-17)38-15-26(27,28)29/h16-23,25,30-31,33-34H,3-15H2,1-2H3,(H,32,35). The molecule has 0 aromatic carbocycles. The summed E-state index contributed by atoms with van der Waals surface area (Å²) in [4.78, 5) is 13.2. The van der Waals surface area contributed by atoms with Crippen molar-refractivity contribution in [3.63, 3.8) is 0 Å². The molecule has 4 rings (SSSR count). The van der Waals surface area contributed by atoms with Gasteiger partial charge < -0.3 is 15.4 Å². The number of piperidine rings is 1. The molecule has 1 amide bonds. The monoisotopic (exact) mass is 581 g/mol. The maximum Gasteiger partial charge on any atom is 0.411 e. The molecule has 4 aliphatic rings. The molecular formula is C26H46F3N5O4S. The number of hydrogen-bond donors (Lipinski definition) is 5. The first-order chi connectivity index (χ1) is 18.4. The maximum atomic E-state index is 13.2. The average Bonchev–Trinajstić information content (AvgIpc) is 2.89. The van der Waals surface area contributed by atoms with Crippen LogP contribution in [0.2, 0.25) is 0 Å². The Morgan fingerprint density at radius 1 is 1.05 bits per heavy atom. The molecule has 0 bridgehead atoms. The fourth-order valence-electron chi connectivity index (χ4n) is 6.87. The van der Waals surface area contributed by atoms with Gasteiger partial charge in [-0.25, -0.2) is 8.42 Å². The van der Waals surface area contributed by atoms with Crippen molar-refractivity contribution >= 4 is 15.7 Å². The minimum absolute atomic E-state index is 0.00499. The molecule has 4 fully saturated rings. The largest absolute Gasteiger partial charge is 0.411 e. The summed E-state index contributed by atoms with van der Waals surface area (Å²) in [6.07, 6.45) is 1.79. The molecule has 9 unspecified atom stereocenters. The van der Waals surface area contributed by atoms with E-state index in [1.54, 1.807) is 0 Å². The van der Waals surface area contributed by atoms with Crippen molar-refractivity contribution in [3.8, 4) is 0 Å². The van der Waals surface area contributed by atoms with Crippen molar-refractivity contribution in [2.24, 2.45) is 17.8 Å². The van der Waals surface area contributed by atoms with Gasteiger partial charge in [0.2, 0.25) is 5.91 Å². The van der Waals surface area contributed by atoms with Gasteiger partial charge >= 0.3 is 6.18 Å². The van der Waals surface area contributed by atoms with Gasteiger partial charge in [0.05, 0.1) is 11.4 Å². The number of rotatable bonds is 8. The number of alkyl halides is 3. The van der Waals surface area contributed by atoms with Gasteiger partial charge in [0.1, 0.15) is 12.9 Å². The zero-order chi connectivity index (χ0) is 28.2. The van der Waals surface area contributed by atoms with Crippen LogP contribution < -0.4 is 26.6 Å². The highest BCUT2D eigenvalue weighted by molar-refractivity contribution is 7.91. The van der Waals surface area contributed by atoms with Crippen LogP contribution in [0.5, 0.6) is 0 Å². The molecule has 2 heterocycles. The summed E-state index contributed by atoms with van der Waals surface area (Å²) >= 11 is 0. The molecular weight excluding hydrogens is 535 g/mol. The van der Waals surface area contributed by atoms with E-state index in [0.29, 0.717) is 24.3 Å². The van der Waals surface area contributed by atoms with E-state index in [2.05, 4.69) is 33.5 Å². The Bertz CT molecular complexity index is 918. The van der Waals surface area contributed by atoms with Crippen LogP contribution in [-0.2, 0) is 19.4 Å². The normalized spacial score (nSPS) is 38.7. The molecule has 2 aliphatic heterocycles. The summed E-state index contributed by atoms with van der Waals surface area (Å²) in [5, 5.41) is 16.6. The fraction of sp³-hybridized carbons (Fsp3) is 0.962. The van der Waals surface area contributed by atoms with Crippen molar-refractivity contribution in [1.82, 2.24) is 26.6 Å². The molecule has 0 aromatic rings. The highest BCUT2D eigenvalue weighted by Crippen LogP contribution is 2.33. The summed E-state index contributed by atoms with van der Waals surface area (Å²) in [6.45, 7) is 3.78. The summed E-state index contributed by atoms with van der Waals surface area (Å²) in [5.74, 6) is 0.268. The zero-order valence-corrected chi connectivity index (χ0v) is 23.9. The lowest BCUT2D eigenvalue weighted by Crippen LogP contribution is -2.66. The van der Waals surface area contributed by atoms with Gasteiger partial charge in [-0.1, -0.05) is 6.92 Å². The summed E-state index contributed by atoms with van der Waals surface area (Å²) in [6, 6.07) is 0.608. The topological polar surface area (TPSA) is 121 Å². The molecule has 2 saturated carbocycles. The first kappa shape index (κ1) is 31.0. The third kappa shape index (κ3) is 9.00. The second-order valence-electron chi connectivity index (χ2n) is 12.2. The van der Waals surface area contributed by atoms with Gasteiger partial charge in [-0.05, 0) is 89.3 Å². The van der Waals surface area contributed by atoms with E-state index < -0.39 is 39.9 Å². The lowest BCUT2D eigenvalue weighted by molar-refractivity contribution is -0.188.